The standard InChI is InChI=1S/C15H9Cl2N3O3/c16-9-2-1-3-10(17)12(9)14(21)20-7-5-8-11(20)4-6-18-13(8)19-15(22)23/h1-7H,(H,18,19)(H,22,23). The molecule has 0 unspecified atom stereocenters. The second kappa shape index (κ2) is 5.91. The minimum Gasteiger partial charge on any atom is -0.465 e. The van der Waals surface area contributed by atoms with Crippen molar-refractivity contribution in [3.8, 4) is 0 Å². The van der Waals surface area contributed by atoms with E-state index in [1.54, 1.807) is 30.3 Å². The second-order valence-corrected chi connectivity index (χ2v) is 5.42. The van der Waals surface area contributed by atoms with Crippen LogP contribution in [0, 0.1) is 0 Å². The van der Waals surface area contributed by atoms with E-state index in [1.165, 1.54) is 17.0 Å². The molecule has 0 fully saturated rings. The summed E-state index contributed by atoms with van der Waals surface area (Å²) in [7, 11) is 0. The topological polar surface area (TPSA) is 84.2 Å². The van der Waals surface area contributed by atoms with E-state index >= 15 is 0 Å². The van der Waals surface area contributed by atoms with Gasteiger partial charge in [-0.05, 0) is 24.3 Å². The highest BCUT2D eigenvalue weighted by Gasteiger charge is 2.19. The monoisotopic (exact) mass is 349 g/mol. The van der Waals surface area contributed by atoms with Gasteiger partial charge in [-0.1, -0.05) is 29.3 Å². The molecule has 0 bridgehead atoms. The Kier molecular flexibility index (Phi) is 3.94. The fourth-order valence-corrected chi connectivity index (χ4v) is 2.83. The van der Waals surface area contributed by atoms with E-state index in [2.05, 4.69) is 10.3 Å². The molecule has 2 heterocycles. The van der Waals surface area contributed by atoms with E-state index in [9.17, 15) is 9.59 Å². The van der Waals surface area contributed by atoms with Gasteiger partial charge >= 0.3 is 6.09 Å². The molecule has 0 aliphatic rings. The molecular weight excluding hydrogens is 341 g/mol. The lowest BCUT2D eigenvalue weighted by Crippen LogP contribution is -2.12. The molecule has 2 N–H and O–H groups in total. The maximum Gasteiger partial charge on any atom is 0.410 e. The summed E-state index contributed by atoms with van der Waals surface area (Å²) in [6.45, 7) is 0. The normalized spacial score (nSPS) is 10.7. The number of rotatable bonds is 2. The number of carboxylic acid groups (broad SMARTS) is 1. The highest BCUT2D eigenvalue weighted by atomic mass is 35.5. The van der Waals surface area contributed by atoms with Gasteiger partial charge in [0.2, 0.25) is 0 Å². The van der Waals surface area contributed by atoms with Crippen LogP contribution in [-0.4, -0.2) is 26.7 Å². The van der Waals surface area contributed by atoms with E-state index in [-0.39, 0.29) is 21.4 Å². The van der Waals surface area contributed by atoms with Gasteiger partial charge in [0.25, 0.3) is 5.91 Å². The predicted octanol–water partition coefficient (Wildman–Crippen LogP) is 4.12. The lowest BCUT2D eigenvalue weighted by molar-refractivity contribution is 0.0965. The molecule has 6 nitrogen and oxygen atoms in total. The number of fused-ring (bicyclic) bond motifs is 1. The van der Waals surface area contributed by atoms with Gasteiger partial charge < -0.3 is 5.11 Å². The van der Waals surface area contributed by atoms with Crippen LogP contribution in [0.3, 0.4) is 0 Å². The summed E-state index contributed by atoms with van der Waals surface area (Å²) >= 11 is 12.1. The summed E-state index contributed by atoms with van der Waals surface area (Å²) in [5.74, 6) is -0.269. The Bertz CT molecular complexity index is 917. The Morgan fingerprint density at radius 3 is 2.48 bits per heavy atom. The quantitative estimate of drug-likeness (QED) is 0.728. The number of nitrogens with one attached hydrogen (secondary N) is 1. The van der Waals surface area contributed by atoms with Crippen LogP contribution in [0.25, 0.3) is 10.9 Å². The Balaban J connectivity index is 2.14. The van der Waals surface area contributed by atoms with Crippen LogP contribution in [0.4, 0.5) is 10.6 Å². The van der Waals surface area contributed by atoms with Crippen molar-refractivity contribution in [3.05, 3.63) is 58.3 Å². The van der Waals surface area contributed by atoms with E-state index in [0.717, 1.165) is 0 Å². The summed E-state index contributed by atoms with van der Waals surface area (Å²) in [4.78, 5) is 27.5. The third-order valence-corrected chi connectivity index (χ3v) is 3.87. The maximum absolute atomic E-state index is 12.7. The predicted molar refractivity (Wildman–Crippen MR) is 87.6 cm³/mol. The number of pyridine rings is 1. The van der Waals surface area contributed by atoms with Gasteiger partial charge in [0, 0.05) is 17.8 Å². The third kappa shape index (κ3) is 2.74. The van der Waals surface area contributed by atoms with Crippen molar-refractivity contribution in [2.24, 2.45) is 0 Å². The van der Waals surface area contributed by atoms with Gasteiger partial charge in [-0.2, -0.15) is 0 Å². The summed E-state index contributed by atoms with van der Waals surface area (Å²) in [5.41, 5.74) is 0.669. The van der Waals surface area contributed by atoms with Crippen LogP contribution < -0.4 is 5.32 Å². The summed E-state index contributed by atoms with van der Waals surface area (Å²) in [6.07, 6.45) is 1.69. The lowest BCUT2D eigenvalue weighted by Gasteiger charge is -2.08. The minimum atomic E-state index is -1.24. The zero-order valence-corrected chi connectivity index (χ0v) is 13.0. The minimum absolute atomic E-state index is 0.145. The van der Waals surface area contributed by atoms with Gasteiger partial charge in [-0.25, -0.2) is 9.78 Å². The van der Waals surface area contributed by atoms with Gasteiger partial charge in [-0.15, -0.1) is 0 Å². The number of aromatic nitrogens is 2. The summed E-state index contributed by atoms with van der Waals surface area (Å²) < 4.78 is 1.34. The van der Waals surface area contributed by atoms with Crippen molar-refractivity contribution < 1.29 is 14.7 Å². The van der Waals surface area contributed by atoms with Crippen molar-refractivity contribution in [1.29, 1.82) is 0 Å². The highest BCUT2D eigenvalue weighted by molar-refractivity contribution is 6.40. The van der Waals surface area contributed by atoms with E-state index in [0.29, 0.717) is 10.9 Å². The Labute approximate surface area is 140 Å². The van der Waals surface area contributed by atoms with Gasteiger partial charge in [0.1, 0.15) is 5.82 Å². The van der Waals surface area contributed by atoms with Crippen LogP contribution in [0.5, 0.6) is 0 Å². The molecule has 2 aromatic heterocycles. The zero-order valence-electron chi connectivity index (χ0n) is 11.5. The van der Waals surface area contributed by atoms with Crippen molar-refractivity contribution >= 4 is 51.9 Å². The van der Waals surface area contributed by atoms with Crippen molar-refractivity contribution in [3.63, 3.8) is 0 Å². The summed E-state index contributed by atoms with van der Waals surface area (Å²) in [6, 6.07) is 7.99. The van der Waals surface area contributed by atoms with Crippen LogP contribution in [0.2, 0.25) is 10.0 Å². The lowest BCUT2D eigenvalue weighted by atomic mass is 10.2. The van der Waals surface area contributed by atoms with Gasteiger partial charge in [0.15, 0.2) is 0 Å². The van der Waals surface area contributed by atoms with Crippen LogP contribution in [-0.2, 0) is 0 Å². The number of benzene rings is 1. The molecular formula is C15H9Cl2N3O3. The molecule has 0 radical (unpaired) electrons. The first kappa shape index (κ1) is 15.3. The Hall–Kier alpha value is -2.57. The smallest absolute Gasteiger partial charge is 0.410 e. The maximum atomic E-state index is 12.7. The molecule has 23 heavy (non-hydrogen) atoms. The number of amides is 1. The first-order valence-corrected chi connectivity index (χ1v) is 7.19. The fraction of sp³-hybridized carbons (Fsp3) is 0. The molecule has 0 aliphatic heterocycles. The van der Waals surface area contributed by atoms with Gasteiger partial charge in [-0.3, -0.25) is 14.7 Å². The molecule has 0 saturated heterocycles. The van der Waals surface area contributed by atoms with Crippen molar-refractivity contribution in [2.45, 2.75) is 0 Å². The Morgan fingerprint density at radius 1 is 1.13 bits per heavy atom. The zero-order chi connectivity index (χ0) is 16.6. The number of anilines is 1. The van der Waals surface area contributed by atoms with E-state index < -0.39 is 12.0 Å². The van der Waals surface area contributed by atoms with Gasteiger partial charge in [0.05, 0.1) is 21.1 Å². The highest BCUT2D eigenvalue weighted by Crippen LogP contribution is 2.28. The average molecular weight is 350 g/mol. The molecule has 0 atom stereocenters. The van der Waals surface area contributed by atoms with E-state index in [4.69, 9.17) is 28.3 Å². The van der Waals surface area contributed by atoms with Crippen LogP contribution >= 0.6 is 23.2 Å². The molecule has 1 aromatic carbocycles. The molecule has 0 saturated carbocycles. The second-order valence-electron chi connectivity index (χ2n) is 4.61. The van der Waals surface area contributed by atoms with Crippen molar-refractivity contribution in [2.75, 3.05) is 5.32 Å². The van der Waals surface area contributed by atoms with Crippen LogP contribution in [0.15, 0.2) is 42.7 Å². The number of carbonyl (C=O) groups is 2. The Morgan fingerprint density at radius 2 is 1.83 bits per heavy atom. The van der Waals surface area contributed by atoms with E-state index in [1.807, 2.05) is 0 Å². The molecule has 0 aliphatic carbocycles. The largest absolute Gasteiger partial charge is 0.465 e. The molecule has 8 heteroatoms. The number of hydrogen-bond donors (Lipinski definition) is 2. The average Bonchev–Trinajstić information content (AvgIpc) is 2.91. The number of hydrogen-bond acceptors (Lipinski definition) is 3. The molecule has 0 spiro atoms. The SMILES string of the molecule is O=C(O)Nc1nccc2c1ccn2C(=O)c1c(Cl)cccc1Cl. The molecule has 1 amide bonds. The molecule has 3 rings (SSSR count). The first-order valence-electron chi connectivity index (χ1n) is 6.44. The van der Waals surface area contributed by atoms with Crippen LogP contribution in [0.1, 0.15) is 10.4 Å². The number of nitrogens with zero attached hydrogens (tertiary/aromatic N) is 2. The first-order chi connectivity index (χ1) is 11.0. The fourth-order valence-electron chi connectivity index (χ4n) is 2.27. The third-order valence-electron chi connectivity index (χ3n) is 3.24. The molecule has 116 valence electrons. The van der Waals surface area contributed by atoms with Crippen molar-refractivity contribution in [1.82, 2.24) is 9.55 Å². The number of carbonyl (C=O) groups excluding carboxylic acids is 1. The number of halogens is 2. The molecule has 3 aromatic rings. The summed E-state index contributed by atoms with van der Waals surface area (Å²) in [5, 5.41) is 12.0.